The third kappa shape index (κ3) is 3.39. The van der Waals surface area contributed by atoms with Crippen LogP contribution in [0.3, 0.4) is 0 Å². The van der Waals surface area contributed by atoms with E-state index in [2.05, 4.69) is 5.32 Å². The van der Waals surface area contributed by atoms with E-state index >= 15 is 0 Å². The van der Waals surface area contributed by atoms with E-state index in [4.69, 9.17) is 27.6 Å². The van der Waals surface area contributed by atoms with Gasteiger partial charge in [-0.15, -0.1) is 12.4 Å². The molecule has 1 N–H and O–H groups in total. The smallest absolute Gasteiger partial charge is 0.135 e. The van der Waals surface area contributed by atoms with Crippen molar-refractivity contribution in [1.29, 1.82) is 0 Å². The predicted octanol–water partition coefficient (Wildman–Crippen LogP) is 4.39. The highest BCUT2D eigenvalue weighted by molar-refractivity contribution is 6.35. The van der Waals surface area contributed by atoms with Gasteiger partial charge in [0, 0.05) is 10.6 Å². The fourth-order valence-corrected chi connectivity index (χ4v) is 1.86. The first-order valence-electron chi connectivity index (χ1n) is 4.89. The molecule has 0 amide bonds. The first-order chi connectivity index (χ1) is 7.70. The van der Waals surface area contributed by atoms with Gasteiger partial charge in [0.25, 0.3) is 0 Å². The molecule has 1 aromatic heterocycles. The molecule has 0 aliphatic carbocycles. The van der Waals surface area contributed by atoms with Gasteiger partial charge < -0.3 is 9.73 Å². The topological polar surface area (TPSA) is 25.2 Å². The number of halogens is 3. The lowest BCUT2D eigenvalue weighted by molar-refractivity contribution is 0.507. The number of hydrogen-bond acceptors (Lipinski definition) is 2. The number of nitrogens with one attached hydrogen (secondary N) is 1. The summed E-state index contributed by atoms with van der Waals surface area (Å²) in [6.45, 7) is 0.693. The summed E-state index contributed by atoms with van der Waals surface area (Å²) < 4.78 is 5.64. The van der Waals surface area contributed by atoms with E-state index in [1.807, 2.05) is 19.2 Å². The zero-order chi connectivity index (χ0) is 11.5. The Bertz CT molecular complexity index is 496. The number of benzene rings is 1. The molecule has 0 aliphatic heterocycles. The van der Waals surface area contributed by atoms with Gasteiger partial charge in [-0.3, -0.25) is 0 Å². The highest BCUT2D eigenvalue weighted by Crippen LogP contribution is 2.31. The van der Waals surface area contributed by atoms with E-state index in [1.165, 1.54) is 0 Å². The molecule has 0 saturated carbocycles. The molecule has 0 fully saturated rings. The highest BCUT2D eigenvalue weighted by atomic mass is 35.5. The molecule has 0 radical (unpaired) electrons. The fraction of sp³-hybridized carbons (Fsp3) is 0.167. The minimum atomic E-state index is 0. The molecule has 2 rings (SSSR count). The van der Waals surface area contributed by atoms with Crippen LogP contribution in [-0.2, 0) is 6.54 Å². The highest BCUT2D eigenvalue weighted by Gasteiger charge is 2.08. The Labute approximate surface area is 116 Å². The van der Waals surface area contributed by atoms with Crippen molar-refractivity contribution < 1.29 is 4.42 Å². The molecule has 2 aromatic rings. The molecule has 0 spiro atoms. The molecular formula is C12H12Cl3NO. The normalized spacial score (nSPS) is 10.1. The first kappa shape index (κ1) is 14.4. The van der Waals surface area contributed by atoms with Crippen LogP contribution in [0, 0.1) is 0 Å². The number of rotatable bonds is 3. The zero-order valence-corrected chi connectivity index (χ0v) is 11.5. The quantitative estimate of drug-likeness (QED) is 0.907. The summed E-state index contributed by atoms with van der Waals surface area (Å²) in [5.41, 5.74) is 0.816. The molecule has 5 heteroatoms. The lowest BCUT2D eigenvalue weighted by atomic mass is 10.2. The lowest BCUT2D eigenvalue weighted by Gasteiger charge is -2.01. The molecule has 17 heavy (non-hydrogen) atoms. The Morgan fingerprint density at radius 3 is 2.65 bits per heavy atom. The van der Waals surface area contributed by atoms with Crippen LogP contribution < -0.4 is 5.32 Å². The van der Waals surface area contributed by atoms with Crippen molar-refractivity contribution in [2.45, 2.75) is 6.54 Å². The first-order valence-corrected chi connectivity index (χ1v) is 5.65. The minimum absolute atomic E-state index is 0. The van der Waals surface area contributed by atoms with Crippen molar-refractivity contribution in [2.75, 3.05) is 7.05 Å². The SMILES string of the molecule is CNCc1ccc(-c2cc(Cl)ccc2Cl)o1.Cl. The molecule has 92 valence electrons. The molecule has 2 nitrogen and oxygen atoms in total. The van der Waals surface area contributed by atoms with Crippen LogP contribution in [0.1, 0.15) is 5.76 Å². The summed E-state index contributed by atoms with van der Waals surface area (Å²) in [4.78, 5) is 0. The Morgan fingerprint density at radius 1 is 1.18 bits per heavy atom. The molecular weight excluding hydrogens is 280 g/mol. The van der Waals surface area contributed by atoms with E-state index in [0.29, 0.717) is 16.6 Å². The van der Waals surface area contributed by atoms with E-state index in [9.17, 15) is 0 Å². The van der Waals surface area contributed by atoms with Crippen molar-refractivity contribution in [3.05, 3.63) is 46.1 Å². The monoisotopic (exact) mass is 291 g/mol. The molecule has 0 saturated heterocycles. The summed E-state index contributed by atoms with van der Waals surface area (Å²) in [6.07, 6.45) is 0. The van der Waals surface area contributed by atoms with E-state index < -0.39 is 0 Å². The third-order valence-electron chi connectivity index (χ3n) is 2.21. The maximum Gasteiger partial charge on any atom is 0.135 e. The standard InChI is InChI=1S/C12H11Cl2NO.ClH/c1-15-7-9-3-5-12(16-9)10-6-8(13)2-4-11(10)14;/h2-6,15H,7H2,1H3;1H. The minimum Gasteiger partial charge on any atom is -0.460 e. The van der Waals surface area contributed by atoms with Crippen LogP contribution in [0.5, 0.6) is 0 Å². The van der Waals surface area contributed by atoms with Crippen molar-refractivity contribution in [3.63, 3.8) is 0 Å². The largest absolute Gasteiger partial charge is 0.460 e. The number of hydrogen-bond donors (Lipinski definition) is 1. The Balaban J connectivity index is 0.00000144. The van der Waals surface area contributed by atoms with Crippen molar-refractivity contribution in [3.8, 4) is 11.3 Å². The van der Waals surface area contributed by atoms with E-state index in [-0.39, 0.29) is 12.4 Å². The van der Waals surface area contributed by atoms with Gasteiger partial charge in [-0.25, -0.2) is 0 Å². The molecule has 0 bridgehead atoms. The van der Waals surface area contributed by atoms with Crippen LogP contribution >= 0.6 is 35.6 Å². The van der Waals surface area contributed by atoms with Gasteiger partial charge in [-0.1, -0.05) is 23.2 Å². The van der Waals surface area contributed by atoms with Crippen LogP contribution in [0.15, 0.2) is 34.7 Å². The maximum atomic E-state index is 6.08. The van der Waals surface area contributed by atoms with Crippen molar-refractivity contribution in [2.24, 2.45) is 0 Å². The maximum absolute atomic E-state index is 6.08. The Hall–Kier alpha value is -0.670. The van der Waals surface area contributed by atoms with Gasteiger partial charge >= 0.3 is 0 Å². The van der Waals surface area contributed by atoms with Gasteiger partial charge in [0.05, 0.1) is 11.6 Å². The summed E-state index contributed by atoms with van der Waals surface area (Å²) in [6, 6.07) is 9.13. The van der Waals surface area contributed by atoms with Gasteiger partial charge in [-0.05, 0) is 37.4 Å². The fourth-order valence-electron chi connectivity index (χ4n) is 1.48. The second kappa shape index (κ2) is 6.31. The van der Waals surface area contributed by atoms with Gasteiger partial charge in [-0.2, -0.15) is 0 Å². The summed E-state index contributed by atoms with van der Waals surface area (Å²) in [7, 11) is 1.87. The van der Waals surface area contributed by atoms with Crippen LogP contribution in [-0.4, -0.2) is 7.05 Å². The van der Waals surface area contributed by atoms with E-state index in [1.54, 1.807) is 18.2 Å². The molecule has 0 atom stereocenters. The Morgan fingerprint density at radius 2 is 1.94 bits per heavy atom. The van der Waals surface area contributed by atoms with Crippen molar-refractivity contribution >= 4 is 35.6 Å². The molecule has 1 heterocycles. The van der Waals surface area contributed by atoms with Gasteiger partial charge in [0.15, 0.2) is 0 Å². The average Bonchev–Trinajstić information content (AvgIpc) is 2.71. The van der Waals surface area contributed by atoms with Crippen LogP contribution in [0.4, 0.5) is 0 Å². The van der Waals surface area contributed by atoms with Crippen molar-refractivity contribution in [1.82, 2.24) is 5.32 Å². The summed E-state index contributed by atoms with van der Waals surface area (Å²) >= 11 is 12.0. The summed E-state index contributed by atoms with van der Waals surface area (Å²) in [5.74, 6) is 1.60. The third-order valence-corrected chi connectivity index (χ3v) is 2.77. The molecule has 0 unspecified atom stereocenters. The average molecular weight is 293 g/mol. The Kier molecular flexibility index (Phi) is 5.34. The molecule has 0 aliphatic rings. The van der Waals surface area contributed by atoms with Gasteiger partial charge in [0.1, 0.15) is 11.5 Å². The zero-order valence-electron chi connectivity index (χ0n) is 9.17. The lowest BCUT2D eigenvalue weighted by Crippen LogP contribution is -2.03. The molecule has 1 aromatic carbocycles. The second-order valence-corrected chi connectivity index (χ2v) is 4.26. The van der Waals surface area contributed by atoms with Gasteiger partial charge in [0.2, 0.25) is 0 Å². The predicted molar refractivity (Wildman–Crippen MR) is 74.2 cm³/mol. The van der Waals surface area contributed by atoms with E-state index in [0.717, 1.165) is 17.1 Å². The number of furan rings is 1. The van der Waals surface area contributed by atoms with Crippen LogP contribution in [0.2, 0.25) is 10.0 Å². The second-order valence-electron chi connectivity index (χ2n) is 3.42. The summed E-state index contributed by atoms with van der Waals surface area (Å²) in [5, 5.41) is 4.30. The van der Waals surface area contributed by atoms with Crippen LogP contribution in [0.25, 0.3) is 11.3 Å².